The number of hydrogen-bond acceptors (Lipinski definition) is 2. The van der Waals surface area contributed by atoms with E-state index in [1.54, 1.807) is 0 Å². The number of rotatable bonds is 5. The van der Waals surface area contributed by atoms with E-state index in [1.807, 2.05) is 41.3 Å². The molecule has 1 atom stereocenters. The Bertz CT molecular complexity index is 1070. The monoisotopic (exact) mass is 586 g/mol. The van der Waals surface area contributed by atoms with Gasteiger partial charge in [0.25, 0.3) is 0 Å². The molecule has 0 bridgehead atoms. The number of halogens is 1. The highest BCUT2D eigenvalue weighted by Gasteiger charge is 2.49. The first kappa shape index (κ1) is 33.3. The number of carbonyl (C=O) groups excluding carboxylic acids is 2. The molecule has 2 aliphatic heterocycles. The van der Waals surface area contributed by atoms with Gasteiger partial charge in [-0.3, -0.25) is 9.59 Å². The molecule has 2 fully saturated rings. The fourth-order valence-electron chi connectivity index (χ4n) is 5.01. The molecule has 2 amide bonds. The summed E-state index contributed by atoms with van der Waals surface area (Å²) in [6.45, 7) is 23.4. The van der Waals surface area contributed by atoms with Gasteiger partial charge in [-0.05, 0) is 51.7 Å². The Kier molecular flexibility index (Phi) is 11.3. The Morgan fingerprint density at radius 1 is 0.744 bits per heavy atom. The minimum atomic E-state index is -1.43. The third kappa shape index (κ3) is 10.5. The van der Waals surface area contributed by atoms with Gasteiger partial charge >= 0.3 is 0 Å². The Balaban J connectivity index is 0.000000238. The lowest BCUT2D eigenvalue weighted by atomic mass is 10.0. The molecule has 39 heavy (non-hydrogen) atoms. The van der Waals surface area contributed by atoms with Gasteiger partial charge in [0.15, 0.2) is 0 Å². The number of benzene rings is 2. The van der Waals surface area contributed by atoms with Crippen molar-refractivity contribution >= 4 is 38.4 Å². The van der Waals surface area contributed by atoms with Crippen molar-refractivity contribution in [2.75, 3.05) is 0 Å². The summed E-state index contributed by atoms with van der Waals surface area (Å²) in [4.78, 5) is 28.5. The molecule has 216 valence electrons. The van der Waals surface area contributed by atoms with Gasteiger partial charge < -0.3 is 9.80 Å². The number of likely N-dealkylation sites (tertiary alicyclic amines) is 2. The Morgan fingerprint density at radius 2 is 1.15 bits per heavy atom. The highest BCUT2D eigenvalue weighted by Crippen LogP contribution is 2.43. The maximum absolute atomic E-state index is 12.7. The highest BCUT2D eigenvalue weighted by molar-refractivity contribution is 7.18. The van der Waals surface area contributed by atoms with Crippen LogP contribution in [-0.2, 0) is 22.7 Å². The summed E-state index contributed by atoms with van der Waals surface area (Å²) in [5.41, 5.74) is 2.71. The normalized spacial score (nSPS) is 20.2. The summed E-state index contributed by atoms with van der Waals surface area (Å²) in [6, 6.07) is 20.5. The fraction of sp³-hybridized carbons (Fsp3) is 0.562. The molecular formula is C32H51ClN2O2Si2. The van der Waals surface area contributed by atoms with E-state index in [-0.39, 0.29) is 22.5 Å². The second-order valence-corrected chi connectivity index (χ2v) is 27.2. The minimum Gasteiger partial charge on any atom is -0.333 e. The number of nitrogens with zero attached hydrogens (tertiary/aromatic N) is 2. The van der Waals surface area contributed by atoms with Crippen molar-refractivity contribution in [2.45, 2.75) is 116 Å². The maximum atomic E-state index is 12.7. The minimum absolute atomic E-state index is 0.0160. The molecule has 0 aliphatic carbocycles. The second-order valence-electron chi connectivity index (χ2n) is 14.2. The topological polar surface area (TPSA) is 40.6 Å². The fourth-order valence-corrected chi connectivity index (χ4v) is 7.02. The predicted molar refractivity (Wildman–Crippen MR) is 172 cm³/mol. The van der Waals surface area contributed by atoms with Gasteiger partial charge in [0.2, 0.25) is 11.8 Å². The maximum Gasteiger partial charge on any atom is 0.223 e. The smallest absolute Gasteiger partial charge is 0.223 e. The van der Waals surface area contributed by atoms with Gasteiger partial charge in [-0.1, -0.05) is 99.9 Å². The van der Waals surface area contributed by atoms with E-state index in [2.05, 4.69) is 96.1 Å². The lowest BCUT2D eigenvalue weighted by molar-refractivity contribution is -0.132. The van der Waals surface area contributed by atoms with E-state index in [9.17, 15) is 9.59 Å². The van der Waals surface area contributed by atoms with Crippen LogP contribution in [0.5, 0.6) is 0 Å². The van der Waals surface area contributed by atoms with E-state index < -0.39 is 15.5 Å². The largest absolute Gasteiger partial charge is 0.333 e. The van der Waals surface area contributed by atoms with E-state index in [4.69, 9.17) is 11.1 Å². The van der Waals surface area contributed by atoms with Crippen LogP contribution >= 0.6 is 11.1 Å². The Hall–Kier alpha value is -1.90. The quantitative estimate of drug-likeness (QED) is 0.260. The van der Waals surface area contributed by atoms with E-state index in [1.165, 1.54) is 11.1 Å². The molecular weight excluding hydrogens is 536 g/mol. The lowest BCUT2D eigenvalue weighted by Gasteiger charge is -2.31. The van der Waals surface area contributed by atoms with E-state index >= 15 is 0 Å². The first-order chi connectivity index (χ1) is 17.8. The van der Waals surface area contributed by atoms with Crippen LogP contribution in [0.25, 0.3) is 0 Å². The van der Waals surface area contributed by atoms with Crippen molar-refractivity contribution in [2.24, 2.45) is 0 Å². The predicted octanol–water partition coefficient (Wildman–Crippen LogP) is 8.55. The molecule has 2 aromatic carbocycles. The first-order valence-electron chi connectivity index (χ1n) is 14.2. The summed E-state index contributed by atoms with van der Waals surface area (Å²) in [5.74, 6) is 0.650. The average Bonchev–Trinajstić information content (AvgIpc) is 3.21. The van der Waals surface area contributed by atoms with E-state index in [0.717, 1.165) is 25.9 Å². The number of amides is 2. The van der Waals surface area contributed by atoms with Gasteiger partial charge in [-0.2, -0.15) is 11.1 Å². The molecule has 0 saturated carbocycles. The number of carbonyl (C=O) groups is 2. The number of hydrogen-bond donors (Lipinski definition) is 0. The van der Waals surface area contributed by atoms with Gasteiger partial charge in [-0.25, -0.2) is 0 Å². The first-order valence-corrected chi connectivity index (χ1v) is 22.3. The third-order valence-corrected chi connectivity index (χ3v) is 9.94. The van der Waals surface area contributed by atoms with Crippen LogP contribution < -0.4 is 0 Å². The van der Waals surface area contributed by atoms with Gasteiger partial charge in [0.1, 0.15) is 7.38 Å². The van der Waals surface area contributed by atoms with Crippen LogP contribution in [0.1, 0.15) is 58.1 Å². The second kappa shape index (κ2) is 13.2. The van der Waals surface area contributed by atoms with E-state index in [0.29, 0.717) is 12.3 Å². The highest BCUT2D eigenvalue weighted by atomic mass is 35.6. The summed E-state index contributed by atoms with van der Waals surface area (Å²) in [6.07, 6.45) is 2.67. The van der Waals surface area contributed by atoms with Crippen LogP contribution in [0, 0.1) is 0 Å². The Labute approximate surface area is 244 Å². The molecule has 0 spiro atoms. The molecule has 0 aromatic heterocycles. The Morgan fingerprint density at radius 3 is 1.49 bits per heavy atom. The van der Waals surface area contributed by atoms with Gasteiger partial charge in [-0.15, -0.1) is 0 Å². The summed E-state index contributed by atoms with van der Waals surface area (Å²) in [7, 11) is -2.57. The van der Waals surface area contributed by atoms with Crippen LogP contribution in [0.2, 0.25) is 44.8 Å². The third-order valence-electron chi connectivity index (χ3n) is 7.39. The van der Waals surface area contributed by atoms with Crippen LogP contribution in [-0.4, -0.2) is 48.1 Å². The molecule has 2 aromatic rings. The zero-order valence-corrected chi connectivity index (χ0v) is 28.7. The van der Waals surface area contributed by atoms with Crippen molar-refractivity contribution in [3.05, 3.63) is 71.8 Å². The van der Waals surface area contributed by atoms with Crippen LogP contribution in [0.3, 0.4) is 0 Å². The molecule has 1 unspecified atom stereocenters. The summed E-state index contributed by atoms with van der Waals surface area (Å²) in [5, 5.41) is 0. The van der Waals surface area contributed by atoms with Crippen molar-refractivity contribution in [3.63, 3.8) is 0 Å². The van der Waals surface area contributed by atoms with Crippen LogP contribution in [0.15, 0.2) is 60.7 Å². The molecule has 2 saturated heterocycles. The summed E-state index contributed by atoms with van der Waals surface area (Å²) < 4.78 is 0. The summed E-state index contributed by atoms with van der Waals surface area (Å²) >= 11 is 5.67. The molecule has 0 radical (unpaired) electrons. The molecule has 2 heterocycles. The molecule has 4 nitrogen and oxygen atoms in total. The molecule has 2 aliphatic rings. The van der Waals surface area contributed by atoms with Crippen molar-refractivity contribution in [1.82, 2.24) is 9.80 Å². The lowest BCUT2D eigenvalue weighted by Crippen LogP contribution is -2.41. The van der Waals surface area contributed by atoms with Crippen molar-refractivity contribution in [3.8, 4) is 0 Å². The standard InChI is InChI=1S/C16H25NOSi.C13H17NO.C3H9ClSi/c1-16(2)11-14(19(3,4)5)15(18)17(16)12-13-9-7-6-8-10-13;1-13(2)9-8-12(15)14(13)10-11-6-4-3-5-7-11;1-5(2,3)4/h6-10,14H,11-12H2,1-5H3;3-7H,8-10H2,1-2H3;1-3H3. The molecule has 7 heteroatoms. The average molecular weight is 587 g/mol. The molecule has 0 N–H and O–H groups in total. The van der Waals surface area contributed by atoms with Crippen molar-refractivity contribution in [1.29, 1.82) is 0 Å². The van der Waals surface area contributed by atoms with Crippen LogP contribution in [0.4, 0.5) is 0 Å². The zero-order valence-electron chi connectivity index (χ0n) is 26.0. The SMILES string of the molecule is CC1(C)CC([Si](C)(C)C)C(=O)N1Cc1ccccc1.CC1(C)CCC(=O)N1Cc1ccccc1.C[Si](C)(C)Cl. The van der Waals surface area contributed by atoms with Gasteiger partial charge in [0.05, 0.1) is 8.07 Å². The zero-order chi connectivity index (χ0) is 29.6. The van der Waals surface area contributed by atoms with Crippen molar-refractivity contribution < 1.29 is 9.59 Å². The molecule has 4 rings (SSSR count). The van der Waals surface area contributed by atoms with Gasteiger partial charge in [0, 0.05) is 36.1 Å².